The predicted molar refractivity (Wildman–Crippen MR) is 141 cm³/mol. The summed E-state index contributed by atoms with van der Waals surface area (Å²) in [6.45, 7) is 4.08. The summed E-state index contributed by atoms with van der Waals surface area (Å²) in [5, 5.41) is 9.07. The molecule has 2 aromatic carbocycles. The zero-order chi connectivity index (χ0) is 26.1. The van der Waals surface area contributed by atoms with Gasteiger partial charge in [0.05, 0.1) is 37.6 Å². The van der Waals surface area contributed by atoms with Gasteiger partial charge in [0.25, 0.3) is 0 Å². The van der Waals surface area contributed by atoms with Gasteiger partial charge in [0, 0.05) is 11.4 Å². The van der Waals surface area contributed by atoms with Crippen LogP contribution in [0.2, 0.25) is 0 Å². The molecule has 0 saturated carbocycles. The fraction of sp³-hybridized carbons (Fsp3) is 0.200. The summed E-state index contributed by atoms with van der Waals surface area (Å²) in [6, 6.07) is 15.9. The molecule has 3 aromatic rings. The lowest BCUT2D eigenvalue weighted by Gasteiger charge is -2.16. The predicted octanol–water partition coefficient (Wildman–Crippen LogP) is 3.62. The van der Waals surface area contributed by atoms with E-state index in [1.165, 1.54) is 32.4 Å². The minimum atomic E-state index is -0.601. The molecular weight excluding hydrogens is 480 g/mol. The number of methoxy groups -OCH3 is 2. The number of thiocarbonyl (C=S) groups is 1. The second-order valence-corrected chi connectivity index (χ2v) is 7.98. The molecule has 3 rings (SSSR count). The zero-order valence-corrected chi connectivity index (χ0v) is 21.1. The third kappa shape index (κ3) is 7.31. The third-order valence-corrected chi connectivity index (χ3v) is 5.01. The Morgan fingerprint density at radius 2 is 1.58 bits per heavy atom. The van der Waals surface area contributed by atoms with Gasteiger partial charge in [-0.15, -0.1) is 0 Å². The molecule has 0 atom stereocenters. The van der Waals surface area contributed by atoms with Gasteiger partial charge in [-0.25, -0.2) is 24.5 Å². The number of aryl methyl sites for hydroxylation is 2. The monoisotopic (exact) mass is 506 g/mol. The summed E-state index contributed by atoms with van der Waals surface area (Å²) in [7, 11) is 2.53. The summed E-state index contributed by atoms with van der Waals surface area (Å²) in [4.78, 5) is 37.6. The van der Waals surface area contributed by atoms with Crippen LogP contribution < -0.4 is 16.0 Å². The van der Waals surface area contributed by atoms with Crippen molar-refractivity contribution in [1.29, 1.82) is 0 Å². The van der Waals surface area contributed by atoms with Crippen LogP contribution in [0.1, 0.15) is 37.7 Å². The lowest BCUT2D eigenvalue weighted by Crippen LogP contribution is -2.39. The van der Waals surface area contributed by atoms with E-state index in [-0.39, 0.29) is 27.9 Å². The number of carbonyl (C=O) groups is 2. The van der Waals surface area contributed by atoms with Crippen molar-refractivity contribution in [2.75, 3.05) is 24.9 Å². The Labute approximate surface area is 214 Å². The number of carbonyl (C=O) groups excluding carboxylic acids is 2. The van der Waals surface area contributed by atoms with E-state index in [4.69, 9.17) is 21.7 Å². The minimum absolute atomic E-state index is 0.103. The van der Waals surface area contributed by atoms with Gasteiger partial charge in [0.2, 0.25) is 11.9 Å². The Kier molecular flexibility index (Phi) is 9.01. The Bertz CT molecular complexity index is 1280. The maximum atomic E-state index is 12.3. The van der Waals surface area contributed by atoms with Crippen LogP contribution in [0, 0.1) is 13.8 Å². The summed E-state index contributed by atoms with van der Waals surface area (Å²) in [5.41, 5.74) is 3.23. The number of anilines is 2. The van der Waals surface area contributed by atoms with Crippen LogP contribution in [-0.4, -0.2) is 47.2 Å². The van der Waals surface area contributed by atoms with E-state index in [0.29, 0.717) is 12.5 Å². The molecule has 0 spiro atoms. The van der Waals surface area contributed by atoms with Gasteiger partial charge in [0.1, 0.15) is 0 Å². The van der Waals surface area contributed by atoms with Crippen molar-refractivity contribution in [2.24, 2.45) is 4.99 Å². The first kappa shape index (κ1) is 26.2. The number of aromatic nitrogens is 2. The zero-order valence-electron chi connectivity index (χ0n) is 20.3. The molecule has 0 bridgehead atoms. The highest BCUT2D eigenvalue weighted by atomic mass is 32.1. The van der Waals surface area contributed by atoms with Gasteiger partial charge in [-0.1, -0.05) is 30.3 Å². The molecule has 0 aliphatic rings. The molecule has 1 aromatic heterocycles. The van der Waals surface area contributed by atoms with Gasteiger partial charge in [-0.05, 0) is 55.9 Å². The highest BCUT2D eigenvalue weighted by Gasteiger charge is 2.17. The van der Waals surface area contributed by atoms with E-state index >= 15 is 0 Å². The fourth-order valence-electron chi connectivity index (χ4n) is 3.19. The van der Waals surface area contributed by atoms with E-state index in [1.54, 1.807) is 0 Å². The van der Waals surface area contributed by atoms with Crippen LogP contribution in [0.3, 0.4) is 0 Å². The molecule has 186 valence electrons. The Hall–Kier alpha value is -4.38. The normalized spacial score (nSPS) is 10.8. The van der Waals surface area contributed by atoms with Crippen molar-refractivity contribution >= 4 is 46.9 Å². The van der Waals surface area contributed by atoms with Crippen LogP contribution in [0.25, 0.3) is 0 Å². The van der Waals surface area contributed by atoms with Gasteiger partial charge in [-0.2, -0.15) is 0 Å². The number of nitrogens with one attached hydrogen (secondary N) is 3. The van der Waals surface area contributed by atoms with Crippen molar-refractivity contribution in [3.63, 3.8) is 0 Å². The Balaban J connectivity index is 1.87. The molecule has 0 aliphatic carbocycles. The molecule has 11 heteroatoms. The SMILES string of the molecule is COC(=O)c1ccc(C(=O)OC)c(NC(=S)NC(=NCc2ccccc2)Nc2nc(C)cc(C)n2)c1. The van der Waals surface area contributed by atoms with Crippen LogP contribution in [0.4, 0.5) is 11.6 Å². The molecular formula is C25H26N6O4S. The summed E-state index contributed by atoms with van der Waals surface area (Å²) >= 11 is 5.48. The smallest absolute Gasteiger partial charge is 0.339 e. The van der Waals surface area contributed by atoms with Crippen molar-refractivity contribution in [3.05, 3.63) is 82.7 Å². The molecule has 10 nitrogen and oxygen atoms in total. The highest BCUT2D eigenvalue weighted by Crippen LogP contribution is 2.20. The van der Waals surface area contributed by atoms with Gasteiger partial charge < -0.3 is 20.1 Å². The molecule has 0 amide bonds. The molecule has 36 heavy (non-hydrogen) atoms. The summed E-state index contributed by atoms with van der Waals surface area (Å²) in [6.07, 6.45) is 0. The van der Waals surface area contributed by atoms with Gasteiger partial charge in [-0.3, -0.25) is 5.32 Å². The number of esters is 2. The van der Waals surface area contributed by atoms with Crippen molar-refractivity contribution in [3.8, 4) is 0 Å². The van der Waals surface area contributed by atoms with E-state index in [1.807, 2.05) is 50.2 Å². The minimum Gasteiger partial charge on any atom is -0.465 e. The van der Waals surface area contributed by atoms with Crippen LogP contribution in [0.5, 0.6) is 0 Å². The second-order valence-electron chi connectivity index (χ2n) is 7.57. The Morgan fingerprint density at radius 1 is 0.917 bits per heavy atom. The maximum absolute atomic E-state index is 12.3. The molecule has 0 unspecified atom stereocenters. The lowest BCUT2D eigenvalue weighted by atomic mass is 10.1. The van der Waals surface area contributed by atoms with Crippen LogP contribution in [-0.2, 0) is 16.0 Å². The topological polar surface area (TPSA) is 127 Å². The number of guanidine groups is 1. The standard InChI is InChI=1S/C25H26N6O4S/c1-15-12-16(2)28-24(27-15)30-23(26-14-17-8-6-5-7-9-17)31-25(36)29-20-13-18(21(32)34-3)10-11-19(20)22(33)35-4/h5-13H,14H2,1-4H3,(H3,26,27,28,29,30,31,36). The van der Waals surface area contributed by atoms with Crippen LogP contribution in [0.15, 0.2) is 59.6 Å². The molecule has 0 saturated heterocycles. The van der Waals surface area contributed by atoms with E-state index in [9.17, 15) is 9.59 Å². The highest BCUT2D eigenvalue weighted by molar-refractivity contribution is 7.80. The van der Waals surface area contributed by atoms with E-state index < -0.39 is 11.9 Å². The first-order valence-electron chi connectivity index (χ1n) is 10.9. The quantitative estimate of drug-likeness (QED) is 0.197. The summed E-state index contributed by atoms with van der Waals surface area (Å²) in [5.74, 6) is -0.536. The summed E-state index contributed by atoms with van der Waals surface area (Å²) < 4.78 is 9.62. The first-order valence-corrected chi connectivity index (χ1v) is 11.3. The molecule has 0 fully saturated rings. The maximum Gasteiger partial charge on any atom is 0.339 e. The second kappa shape index (κ2) is 12.4. The Morgan fingerprint density at radius 3 is 2.22 bits per heavy atom. The van der Waals surface area contributed by atoms with Crippen molar-refractivity contribution < 1.29 is 19.1 Å². The third-order valence-electron chi connectivity index (χ3n) is 4.80. The largest absolute Gasteiger partial charge is 0.465 e. The number of nitrogens with zero attached hydrogens (tertiary/aromatic N) is 3. The van der Waals surface area contributed by atoms with E-state index in [2.05, 4.69) is 30.9 Å². The lowest BCUT2D eigenvalue weighted by molar-refractivity contribution is 0.0587. The number of hydrogen-bond acceptors (Lipinski definition) is 8. The molecule has 3 N–H and O–H groups in total. The average Bonchev–Trinajstić information content (AvgIpc) is 2.86. The molecule has 0 aliphatic heterocycles. The average molecular weight is 507 g/mol. The van der Waals surface area contributed by atoms with Gasteiger partial charge >= 0.3 is 11.9 Å². The number of benzene rings is 2. The van der Waals surface area contributed by atoms with E-state index in [0.717, 1.165) is 17.0 Å². The van der Waals surface area contributed by atoms with Crippen molar-refractivity contribution in [1.82, 2.24) is 15.3 Å². The van der Waals surface area contributed by atoms with Crippen molar-refractivity contribution in [2.45, 2.75) is 20.4 Å². The number of aliphatic imine (C=N–C) groups is 1. The molecule has 0 radical (unpaired) electrons. The molecule has 1 heterocycles. The number of rotatable bonds is 6. The number of ether oxygens (including phenoxy) is 2. The van der Waals surface area contributed by atoms with Crippen LogP contribution >= 0.6 is 12.2 Å². The fourth-order valence-corrected chi connectivity index (χ4v) is 3.40. The van der Waals surface area contributed by atoms with Gasteiger partial charge in [0.15, 0.2) is 5.11 Å². The first-order chi connectivity index (χ1) is 17.3. The number of hydrogen-bond donors (Lipinski definition) is 3.